The van der Waals surface area contributed by atoms with E-state index < -0.39 is 0 Å². The Morgan fingerprint density at radius 3 is 3.38 bits per heavy atom. The highest BCUT2D eigenvalue weighted by atomic mass is 32.2. The van der Waals surface area contributed by atoms with Crippen molar-refractivity contribution in [2.24, 2.45) is 0 Å². The molecule has 1 amide bonds. The zero-order valence-corrected chi connectivity index (χ0v) is 9.76. The summed E-state index contributed by atoms with van der Waals surface area (Å²) < 4.78 is 4.68. The predicted octanol–water partition coefficient (Wildman–Crippen LogP) is 0.386. The third-order valence-corrected chi connectivity index (χ3v) is 3.52. The van der Waals surface area contributed by atoms with E-state index in [4.69, 9.17) is 0 Å². The molecule has 0 aromatic carbocycles. The Morgan fingerprint density at radius 2 is 2.69 bits per heavy atom. The van der Waals surface area contributed by atoms with Crippen molar-refractivity contribution in [1.82, 2.24) is 15.8 Å². The number of hydrogen-bond acceptors (Lipinski definition) is 5. The quantitative estimate of drug-likeness (QED) is 0.798. The van der Waals surface area contributed by atoms with Gasteiger partial charge in [-0.25, -0.2) is 0 Å². The van der Waals surface area contributed by atoms with Gasteiger partial charge in [0, 0.05) is 36.6 Å². The van der Waals surface area contributed by atoms with Crippen LogP contribution in [0.15, 0.2) is 16.9 Å². The zero-order chi connectivity index (χ0) is 11.2. The van der Waals surface area contributed by atoms with Crippen LogP contribution < -0.4 is 10.6 Å². The highest BCUT2D eigenvalue weighted by molar-refractivity contribution is 7.99. The molecule has 1 saturated heterocycles. The second-order valence-electron chi connectivity index (χ2n) is 3.70. The van der Waals surface area contributed by atoms with Gasteiger partial charge in [0.05, 0.1) is 6.54 Å². The third-order valence-electron chi connectivity index (χ3n) is 2.39. The molecule has 0 aliphatic carbocycles. The molecule has 1 aliphatic heterocycles. The van der Waals surface area contributed by atoms with Gasteiger partial charge in [-0.1, -0.05) is 5.16 Å². The first-order valence-electron chi connectivity index (χ1n) is 5.31. The number of nitrogens with one attached hydrogen (secondary N) is 2. The van der Waals surface area contributed by atoms with Crippen LogP contribution in [0.2, 0.25) is 0 Å². The summed E-state index contributed by atoms with van der Waals surface area (Å²) in [7, 11) is 0. The molecule has 1 unspecified atom stereocenters. The van der Waals surface area contributed by atoms with Gasteiger partial charge in [0.2, 0.25) is 5.91 Å². The normalized spacial score (nSPS) is 20.6. The highest BCUT2D eigenvalue weighted by Gasteiger charge is 2.16. The first kappa shape index (κ1) is 11.5. The zero-order valence-electron chi connectivity index (χ0n) is 8.94. The van der Waals surface area contributed by atoms with E-state index >= 15 is 0 Å². The molecule has 2 rings (SSSR count). The van der Waals surface area contributed by atoms with Crippen molar-refractivity contribution >= 4 is 17.7 Å². The maximum atomic E-state index is 11.6. The van der Waals surface area contributed by atoms with Gasteiger partial charge in [0.25, 0.3) is 0 Å². The van der Waals surface area contributed by atoms with E-state index in [0.29, 0.717) is 19.0 Å². The Kier molecular flexibility index (Phi) is 4.24. The number of nitrogens with zero attached hydrogens (tertiary/aromatic N) is 1. The van der Waals surface area contributed by atoms with Crippen LogP contribution in [-0.2, 0) is 11.3 Å². The third kappa shape index (κ3) is 3.53. The summed E-state index contributed by atoms with van der Waals surface area (Å²) in [5.74, 6) is 2.21. The monoisotopic (exact) mass is 241 g/mol. The number of carbonyl (C=O) groups excluding carboxylic acids is 1. The smallest absolute Gasteiger partial charge is 0.221 e. The molecule has 5 nitrogen and oxygen atoms in total. The van der Waals surface area contributed by atoms with Crippen molar-refractivity contribution in [2.75, 3.05) is 18.1 Å². The summed E-state index contributed by atoms with van der Waals surface area (Å²) in [5.41, 5.74) is 0.749. The lowest BCUT2D eigenvalue weighted by molar-refractivity contribution is -0.121. The molecule has 1 aromatic rings. The molecule has 16 heavy (non-hydrogen) atoms. The van der Waals surface area contributed by atoms with Crippen LogP contribution in [0.4, 0.5) is 0 Å². The molecule has 0 bridgehead atoms. The molecule has 2 N–H and O–H groups in total. The molecule has 2 heterocycles. The summed E-state index contributed by atoms with van der Waals surface area (Å²) >= 11 is 1.89. The van der Waals surface area contributed by atoms with Crippen LogP contribution in [0.5, 0.6) is 0 Å². The molecule has 1 aliphatic rings. The van der Waals surface area contributed by atoms with Gasteiger partial charge in [-0.05, 0) is 0 Å². The lowest BCUT2D eigenvalue weighted by Gasteiger charge is -2.22. The van der Waals surface area contributed by atoms with E-state index in [1.807, 2.05) is 11.8 Å². The Hall–Kier alpha value is -1.01. The van der Waals surface area contributed by atoms with Crippen LogP contribution in [0.1, 0.15) is 12.1 Å². The van der Waals surface area contributed by atoms with E-state index in [0.717, 1.165) is 23.7 Å². The molecule has 0 spiro atoms. The summed E-state index contributed by atoms with van der Waals surface area (Å²) in [6, 6.07) is 2.05. The molecular weight excluding hydrogens is 226 g/mol. The summed E-state index contributed by atoms with van der Waals surface area (Å²) in [5, 5.41) is 9.87. The fourth-order valence-electron chi connectivity index (χ4n) is 1.56. The largest absolute Gasteiger partial charge is 0.364 e. The molecule has 0 saturated carbocycles. The fourth-order valence-corrected chi connectivity index (χ4v) is 2.51. The van der Waals surface area contributed by atoms with Gasteiger partial charge < -0.3 is 15.2 Å². The Labute approximate surface area is 98.3 Å². The minimum Gasteiger partial charge on any atom is -0.364 e. The highest BCUT2D eigenvalue weighted by Crippen LogP contribution is 2.09. The van der Waals surface area contributed by atoms with Gasteiger partial charge in [0.15, 0.2) is 0 Å². The van der Waals surface area contributed by atoms with Crippen LogP contribution >= 0.6 is 11.8 Å². The number of amides is 1. The average Bonchev–Trinajstić information content (AvgIpc) is 2.81. The number of hydrogen-bond donors (Lipinski definition) is 2. The van der Waals surface area contributed by atoms with Gasteiger partial charge in [-0.15, -0.1) is 0 Å². The SMILES string of the molecule is O=C(CC1CSCCN1)NCc1ccon1. The molecule has 1 atom stereocenters. The second-order valence-corrected chi connectivity index (χ2v) is 4.85. The topological polar surface area (TPSA) is 67.2 Å². The Morgan fingerprint density at radius 1 is 1.75 bits per heavy atom. The van der Waals surface area contributed by atoms with Crippen molar-refractivity contribution in [3.05, 3.63) is 18.0 Å². The van der Waals surface area contributed by atoms with Crippen LogP contribution in [-0.4, -0.2) is 35.2 Å². The van der Waals surface area contributed by atoms with Gasteiger partial charge in [-0.3, -0.25) is 4.79 Å². The molecule has 1 aromatic heterocycles. The average molecular weight is 241 g/mol. The number of carbonyl (C=O) groups is 1. The number of aromatic nitrogens is 1. The lowest BCUT2D eigenvalue weighted by Crippen LogP contribution is -2.41. The van der Waals surface area contributed by atoms with E-state index in [1.165, 1.54) is 6.26 Å². The van der Waals surface area contributed by atoms with E-state index in [1.54, 1.807) is 6.07 Å². The summed E-state index contributed by atoms with van der Waals surface area (Å²) in [6.07, 6.45) is 2.03. The first-order valence-corrected chi connectivity index (χ1v) is 6.47. The number of rotatable bonds is 4. The first-order chi connectivity index (χ1) is 7.84. The minimum atomic E-state index is 0.0583. The second kappa shape index (κ2) is 5.91. The molecule has 1 fully saturated rings. The minimum absolute atomic E-state index is 0.0583. The lowest BCUT2D eigenvalue weighted by atomic mass is 10.2. The standard InChI is InChI=1S/C10H15N3O2S/c14-10(5-9-7-16-4-2-11-9)12-6-8-1-3-15-13-8/h1,3,9,11H,2,4-7H2,(H,12,14). The summed E-state index contributed by atoms with van der Waals surface area (Å²) in [6.45, 7) is 1.43. The van der Waals surface area contributed by atoms with Gasteiger partial charge in [0.1, 0.15) is 12.0 Å². The predicted molar refractivity (Wildman–Crippen MR) is 62.1 cm³/mol. The summed E-state index contributed by atoms with van der Waals surface area (Å²) in [4.78, 5) is 11.6. The van der Waals surface area contributed by atoms with Crippen molar-refractivity contribution < 1.29 is 9.32 Å². The molecule has 0 radical (unpaired) electrons. The van der Waals surface area contributed by atoms with Gasteiger partial charge >= 0.3 is 0 Å². The van der Waals surface area contributed by atoms with Gasteiger partial charge in [-0.2, -0.15) is 11.8 Å². The molecule has 88 valence electrons. The van der Waals surface area contributed by atoms with E-state index in [2.05, 4.69) is 20.3 Å². The molecule has 6 heteroatoms. The van der Waals surface area contributed by atoms with Crippen molar-refractivity contribution in [3.63, 3.8) is 0 Å². The van der Waals surface area contributed by atoms with Crippen LogP contribution in [0.3, 0.4) is 0 Å². The van der Waals surface area contributed by atoms with Crippen molar-refractivity contribution in [2.45, 2.75) is 19.0 Å². The maximum Gasteiger partial charge on any atom is 0.221 e. The fraction of sp³-hybridized carbons (Fsp3) is 0.600. The van der Waals surface area contributed by atoms with Crippen LogP contribution in [0.25, 0.3) is 0 Å². The van der Waals surface area contributed by atoms with Crippen molar-refractivity contribution in [3.8, 4) is 0 Å². The van der Waals surface area contributed by atoms with Crippen LogP contribution in [0, 0.1) is 0 Å². The maximum absolute atomic E-state index is 11.6. The Balaban J connectivity index is 1.67. The van der Waals surface area contributed by atoms with Crippen molar-refractivity contribution in [1.29, 1.82) is 0 Å². The van der Waals surface area contributed by atoms with E-state index in [9.17, 15) is 4.79 Å². The number of thioether (sulfide) groups is 1. The van der Waals surface area contributed by atoms with E-state index in [-0.39, 0.29) is 5.91 Å². The Bertz CT molecular complexity index is 323. The molecular formula is C10H15N3O2S.